The lowest BCUT2D eigenvalue weighted by molar-refractivity contribution is 0.592. The molecule has 2 aromatic heterocycles. The molecule has 3 nitrogen and oxygen atoms in total. The summed E-state index contributed by atoms with van der Waals surface area (Å²) in [7, 11) is -3.16. The predicted octanol–water partition coefficient (Wildman–Crippen LogP) is 10.2. The number of fused-ring (bicyclic) bond motifs is 6. The van der Waals surface area contributed by atoms with E-state index in [0.29, 0.717) is 0 Å². The number of para-hydroxylation sites is 2. The molecule has 0 saturated carbocycles. The van der Waals surface area contributed by atoms with Gasteiger partial charge in [0.15, 0.2) is 7.14 Å². The standard InChI is InChI=1S/C48H33N2OP/c51-52(36-18-6-2-7-19-36,37-20-8-3-9-21-37)38-30-28-34(29-31-38)48(42-25-13-10-22-39(42)40-23-11-14-26-43(40)48)46-33-32-45-47(49-46)41-24-12-15-27-44(41)50(45)35-16-4-1-5-17-35/h1-33H. The SMILES string of the molecule is O=P(c1ccccc1)(c1ccccc1)c1ccc(C2(c3ccc4c(n3)c3ccccc3n4-c3ccccc3)c3ccccc3-c3ccccc32)cc1. The molecule has 0 aliphatic heterocycles. The molecule has 1 aliphatic carbocycles. The molecule has 246 valence electrons. The van der Waals surface area contributed by atoms with Gasteiger partial charge in [0.1, 0.15) is 0 Å². The van der Waals surface area contributed by atoms with Crippen LogP contribution in [-0.2, 0) is 9.98 Å². The van der Waals surface area contributed by atoms with Crippen LogP contribution in [0.1, 0.15) is 22.4 Å². The average Bonchev–Trinajstić information content (AvgIpc) is 3.72. The van der Waals surface area contributed by atoms with Gasteiger partial charge in [-0.15, -0.1) is 0 Å². The third-order valence-electron chi connectivity index (χ3n) is 10.8. The first-order valence-corrected chi connectivity index (χ1v) is 19.4. The van der Waals surface area contributed by atoms with E-state index in [1.807, 2.05) is 60.7 Å². The second kappa shape index (κ2) is 11.9. The lowest BCUT2D eigenvalue weighted by Crippen LogP contribution is -2.31. The van der Waals surface area contributed by atoms with Gasteiger partial charge in [-0.05, 0) is 58.1 Å². The zero-order chi connectivity index (χ0) is 34.7. The largest absolute Gasteiger partial charge is 0.309 e. The molecule has 0 unspecified atom stereocenters. The third kappa shape index (κ3) is 4.33. The van der Waals surface area contributed by atoms with Gasteiger partial charge in [-0.1, -0.05) is 170 Å². The van der Waals surface area contributed by atoms with E-state index in [1.54, 1.807) is 0 Å². The number of aromatic nitrogens is 2. The van der Waals surface area contributed by atoms with Gasteiger partial charge in [0, 0.05) is 27.0 Å². The maximum Gasteiger partial charge on any atom is 0.171 e. The Hall–Kier alpha value is -6.28. The summed E-state index contributed by atoms with van der Waals surface area (Å²) >= 11 is 0. The molecule has 0 N–H and O–H groups in total. The molecule has 9 aromatic rings. The summed E-state index contributed by atoms with van der Waals surface area (Å²) in [5.41, 5.74) is 10.4. The van der Waals surface area contributed by atoms with Gasteiger partial charge in [0.25, 0.3) is 0 Å². The lowest BCUT2D eigenvalue weighted by Gasteiger charge is -2.33. The third-order valence-corrected chi connectivity index (χ3v) is 13.8. The van der Waals surface area contributed by atoms with E-state index in [9.17, 15) is 0 Å². The molecule has 0 fully saturated rings. The minimum absolute atomic E-state index is 0.709. The van der Waals surface area contributed by atoms with Gasteiger partial charge in [-0.3, -0.25) is 0 Å². The Balaban J connectivity index is 1.25. The Labute approximate surface area is 302 Å². The summed E-state index contributed by atoms with van der Waals surface area (Å²) in [6.45, 7) is 0. The molecule has 0 bridgehead atoms. The molecule has 10 rings (SSSR count). The molecule has 7 aromatic carbocycles. The van der Waals surface area contributed by atoms with Gasteiger partial charge in [0.2, 0.25) is 0 Å². The Kier molecular flexibility index (Phi) is 6.99. The van der Waals surface area contributed by atoms with Crippen LogP contribution in [0.3, 0.4) is 0 Å². The van der Waals surface area contributed by atoms with E-state index in [-0.39, 0.29) is 0 Å². The maximum absolute atomic E-state index is 15.4. The predicted molar refractivity (Wildman–Crippen MR) is 215 cm³/mol. The highest BCUT2D eigenvalue weighted by Gasteiger charge is 2.47. The van der Waals surface area contributed by atoms with E-state index < -0.39 is 12.6 Å². The first-order chi connectivity index (χ1) is 25.7. The van der Waals surface area contributed by atoms with E-state index in [4.69, 9.17) is 4.98 Å². The van der Waals surface area contributed by atoms with Crippen molar-refractivity contribution < 1.29 is 4.57 Å². The smallest absolute Gasteiger partial charge is 0.171 e. The van der Waals surface area contributed by atoms with Crippen LogP contribution in [0.25, 0.3) is 38.8 Å². The van der Waals surface area contributed by atoms with Crippen molar-refractivity contribution >= 4 is 45.0 Å². The summed E-state index contributed by atoms with van der Waals surface area (Å²) in [4.78, 5) is 5.67. The fourth-order valence-electron chi connectivity index (χ4n) is 8.51. The number of nitrogens with zero attached hydrogens (tertiary/aromatic N) is 2. The Morgan fingerprint density at radius 1 is 0.442 bits per heavy atom. The van der Waals surface area contributed by atoms with E-state index in [0.717, 1.165) is 54.8 Å². The molecule has 0 radical (unpaired) electrons. The van der Waals surface area contributed by atoms with E-state index in [2.05, 4.69) is 144 Å². The number of benzene rings is 7. The minimum Gasteiger partial charge on any atom is -0.309 e. The highest BCUT2D eigenvalue weighted by atomic mass is 31.2. The molecule has 52 heavy (non-hydrogen) atoms. The second-order valence-corrected chi connectivity index (χ2v) is 16.2. The number of rotatable bonds is 6. The Morgan fingerprint density at radius 2 is 0.942 bits per heavy atom. The highest BCUT2D eigenvalue weighted by Crippen LogP contribution is 2.56. The van der Waals surface area contributed by atoms with Gasteiger partial charge in [-0.25, -0.2) is 4.98 Å². The van der Waals surface area contributed by atoms with Crippen molar-refractivity contribution in [1.82, 2.24) is 9.55 Å². The number of pyridine rings is 1. The van der Waals surface area contributed by atoms with Crippen molar-refractivity contribution in [2.45, 2.75) is 5.41 Å². The van der Waals surface area contributed by atoms with Gasteiger partial charge >= 0.3 is 0 Å². The van der Waals surface area contributed by atoms with Crippen LogP contribution in [0.4, 0.5) is 0 Å². The van der Waals surface area contributed by atoms with Crippen molar-refractivity contribution in [1.29, 1.82) is 0 Å². The summed E-state index contributed by atoms with van der Waals surface area (Å²) in [5.74, 6) is 0. The maximum atomic E-state index is 15.4. The van der Waals surface area contributed by atoms with Gasteiger partial charge in [0.05, 0.1) is 27.7 Å². The Morgan fingerprint density at radius 3 is 1.56 bits per heavy atom. The van der Waals surface area contributed by atoms with Crippen molar-refractivity contribution in [2.24, 2.45) is 0 Å². The molecular formula is C48H33N2OP. The van der Waals surface area contributed by atoms with Gasteiger partial charge < -0.3 is 9.13 Å². The quantitative estimate of drug-likeness (QED) is 0.164. The molecule has 0 atom stereocenters. The highest BCUT2D eigenvalue weighted by molar-refractivity contribution is 7.85. The van der Waals surface area contributed by atoms with Crippen LogP contribution >= 0.6 is 7.14 Å². The van der Waals surface area contributed by atoms with Crippen LogP contribution in [-0.4, -0.2) is 9.55 Å². The van der Waals surface area contributed by atoms with Gasteiger partial charge in [-0.2, -0.15) is 0 Å². The summed E-state index contributed by atoms with van der Waals surface area (Å²) in [5, 5.41) is 3.56. The fourth-order valence-corrected chi connectivity index (χ4v) is 11.2. The summed E-state index contributed by atoms with van der Waals surface area (Å²) in [6.07, 6.45) is 0. The van der Waals surface area contributed by atoms with E-state index in [1.165, 1.54) is 22.3 Å². The van der Waals surface area contributed by atoms with Crippen LogP contribution < -0.4 is 15.9 Å². The molecule has 1 aliphatic rings. The second-order valence-electron chi connectivity index (χ2n) is 13.4. The number of hydrogen-bond acceptors (Lipinski definition) is 2. The average molecular weight is 685 g/mol. The summed E-state index contributed by atoms with van der Waals surface area (Å²) < 4.78 is 17.7. The molecule has 4 heteroatoms. The topological polar surface area (TPSA) is 34.9 Å². The van der Waals surface area contributed by atoms with Crippen LogP contribution in [0.15, 0.2) is 200 Å². The molecule has 0 saturated heterocycles. The normalized spacial score (nSPS) is 13.2. The van der Waals surface area contributed by atoms with Crippen molar-refractivity contribution in [3.05, 3.63) is 223 Å². The first kappa shape index (κ1) is 30.5. The van der Waals surface area contributed by atoms with Crippen LogP contribution in [0, 0.1) is 0 Å². The molecule has 0 spiro atoms. The fraction of sp³-hybridized carbons (Fsp3) is 0.0208. The summed E-state index contributed by atoms with van der Waals surface area (Å²) in [6, 6.07) is 69.3. The molecule has 2 heterocycles. The van der Waals surface area contributed by atoms with E-state index >= 15 is 4.57 Å². The van der Waals surface area contributed by atoms with Crippen molar-refractivity contribution in [2.75, 3.05) is 0 Å². The first-order valence-electron chi connectivity index (χ1n) is 17.7. The lowest BCUT2D eigenvalue weighted by atomic mass is 9.70. The van der Waals surface area contributed by atoms with Crippen LogP contribution in [0.2, 0.25) is 0 Å². The minimum atomic E-state index is -3.16. The monoisotopic (exact) mass is 684 g/mol. The zero-order valence-electron chi connectivity index (χ0n) is 28.3. The zero-order valence-corrected chi connectivity index (χ0v) is 29.2. The molecule has 0 amide bonds. The van der Waals surface area contributed by atoms with Crippen LogP contribution in [0.5, 0.6) is 0 Å². The van der Waals surface area contributed by atoms with Crippen molar-refractivity contribution in [3.63, 3.8) is 0 Å². The Bertz CT molecular complexity index is 2720. The number of hydrogen-bond donors (Lipinski definition) is 0. The molecular weight excluding hydrogens is 652 g/mol. The van der Waals surface area contributed by atoms with Crippen molar-refractivity contribution in [3.8, 4) is 16.8 Å².